The van der Waals surface area contributed by atoms with Gasteiger partial charge in [-0.2, -0.15) is 0 Å². The van der Waals surface area contributed by atoms with Crippen LogP contribution in [0.25, 0.3) is 0 Å². The molecule has 0 radical (unpaired) electrons. The van der Waals surface area contributed by atoms with Crippen LogP contribution in [-0.4, -0.2) is 18.1 Å². The average molecular weight is 184 g/mol. The number of hydrogen-bond acceptors (Lipinski definition) is 5. The van der Waals surface area contributed by atoms with Gasteiger partial charge in [0.25, 0.3) is 0 Å². The van der Waals surface area contributed by atoms with Crippen molar-refractivity contribution in [2.24, 2.45) is 0 Å². The van der Waals surface area contributed by atoms with E-state index in [4.69, 9.17) is 10.2 Å². The van der Waals surface area contributed by atoms with Crippen LogP contribution in [0.5, 0.6) is 0 Å². The molecule has 0 aliphatic carbocycles. The van der Waals surface area contributed by atoms with Gasteiger partial charge in [0.1, 0.15) is 0 Å². The van der Waals surface area contributed by atoms with Crippen molar-refractivity contribution in [2.45, 2.75) is 19.8 Å². The maximum Gasteiger partial charge on any atom is 0.362 e. The third-order valence-electron chi connectivity index (χ3n) is 1.54. The summed E-state index contributed by atoms with van der Waals surface area (Å²) in [5.41, 5.74) is 5.47. The zero-order chi connectivity index (χ0) is 10.0. The van der Waals surface area contributed by atoms with Crippen LogP contribution >= 0.6 is 0 Å². The summed E-state index contributed by atoms with van der Waals surface area (Å²) in [4.78, 5) is 15.0. The summed E-state index contributed by atoms with van der Waals surface area (Å²) in [7, 11) is 1.27. The van der Waals surface area contributed by atoms with Crippen LogP contribution in [0.1, 0.15) is 36.1 Å². The molecule has 0 bridgehead atoms. The molecule has 13 heavy (non-hydrogen) atoms. The molecule has 1 heterocycles. The molecule has 0 unspecified atom stereocenters. The Morgan fingerprint density at radius 3 is 2.62 bits per heavy atom. The lowest BCUT2D eigenvalue weighted by Gasteiger charge is -1.93. The molecule has 0 aromatic carbocycles. The van der Waals surface area contributed by atoms with Crippen LogP contribution in [0.3, 0.4) is 0 Å². The summed E-state index contributed by atoms with van der Waals surface area (Å²) >= 11 is 0. The van der Waals surface area contributed by atoms with Gasteiger partial charge >= 0.3 is 5.97 Å². The first-order valence-electron chi connectivity index (χ1n) is 3.90. The van der Waals surface area contributed by atoms with Crippen LogP contribution in [0.15, 0.2) is 4.42 Å². The second-order valence-corrected chi connectivity index (χ2v) is 2.91. The molecule has 72 valence electrons. The fraction of sp³-hybridized carbons (Fsp3) is 0.500. The minimum absolute atomic E-state index is 0.00977. The molecule has 0 saturated heterocycles. The molecular formula is C8H12N2O3. The Kier molecular flexibility index (Phi) is 2.55. The van der Waals surface area contributed by atoms with Crippen LogP contribution in [0, 0.1) is 0 Å². The van der Waals surface area contributed by atoms with Crippen LogP contribution in [0.4, 0.5) is 5.88 Å². The van der Waals surface area contributed by atoms with Crippen molar-refractivity contribution in [3.63, 3.8) is 0 Å². The van der Waals surface area contributed by atoms with E-state index in [-0.39, 0.29) is 17.5 Å². The van der Waals surface area contributed by atoms with Crippen LogP contribution < -0.4 is 5.73 Å². The molecule has 5 heteroatoms. The number of hydrogen-bond donors (Lipinski definition) is 1. The topological polar surface area (TPSA) is 78.3 Å². The van der Waals surface area contributed by atoms with E-state index in [2.05, 4.69) is 9.72 Å². The molecule has 0 amide bonds. The molecule has 0 fully saturated rings. The quantitative estimate of drug-likeness (QED) is 0.698. The summed E-state index contributed by atoms with van der Waals surface area (Å²) in [5.74, 6) is -0.0256. The number of rotatable bonds is 2. The third-order valence-corrected chi connectivity index (χ3v) is 1.54. The van der Waals surface area contributed by atoms with Gasteiger partial charge in [-0.1, -0.05) is 13.8 Å². The molecular weight excluding hydrogens is 172 g/mol. The lowest BCUT2D eigenvalue weighted by molar-refractivity contribution is 0.0595. The first-order valence-corrected chi connectivity index (χ1v) is 3.90. The summed E-state index contributed by atoms with van der Waals surface area (Å²) in [6.07, 6.45) is 0. The fourth-order valence-corrected chi connectivity index (χ4v) is 0.839. The van der Waals surface area contributed by atoms with Crippen molar-refractivity contribution in [1.29, 1.82) is 0 Å². The van der Waals surface area contributed by atoms with Crippen molar-refractivity contribution in [1.82, 2.24) is 4.98 Å². The van der Waals surface area contributed by atoms with E-state index in [1.165, 1.54) is 7.11 Å². The van der Waals surface area contributed by atoms with E-state index in [0.29, 0.717) is 5.89 Å². The number of carbonyl (C=O) groups excluding carboxylic acids is 1. The van der Waals surface area contributed by atoms with E-state index in [1.807, 2.05) is 13.8 Å². The zero-order valence-electron chi connectivity index (χ0n) is 7.83. The number of methoxy groups -OCH3 is 1. The Bertz CT molecular complexity index is 317. The smallest absolute Gasteiger partial charge is 0.362 e. The van der Waals surface area contributed by atoms with Gasteiger partial charge in [-0.3, -0.25) is 0 Å². The monoisotopic (exact) mass is 184 g/mol. The normalized spacial score (nSPS) is 10.5. The predicted octanol–water partition coefficient (Wildman–Crippen LogP) is 1.17. The number of nitrogens with zero attached hydrogens (tertiary/aromatic N) is 1. The molecule has 0 aliphatic rings. The van der Waals surface area contributed by atoms with E-state index >= 15 is 0 Å². The standard InChI is InChI=1S/C8H12N2O3/c1-4(2)7-10-5(6(9)13-7)8(11)12-3/h4H,9H2,1-3H3. The molecule has 0 atom stereocenters. The van der Waals surface area contributed by atoms with Crippen LogP contribution in [0.2, 0.25) is 0 Å². The third kappa shape index (κ3) is 1.80. The minimum Gasteiger partial charge on any atom is -0.464 e. The molecule has 0 aliphatic heterocycles. The van der Waals surface area contributed by atoms with Crippen molar-refractivity contribution < 1.29 is 13.9 Å². The van der Waals surface area contributed by atoms with E-state index in [1.54, 1.807) is 0 Å². The maximum atomic E-state index is 11.0. The summed E-state index contributed by atoms with van der Waals surface area (Å²) in [6.45, 7) is 3.79. The van der Waals surface area contributed by atoms with Crippen LogP contribution in [-0.2, 0) is 4.74 Å². The van der Waals surface area contributed by atoms with E-state index < -0.39 is 5.97 Å². The van der Waals surface area contributed by atoms with Gasteiger partial charge in [0.2, 0.25) is 11.6 Å². The van der Waals surface area contributed by atoms with E-state index in [9.17, 15) is 4.79 Å². The van der Waals surface area contributed by atoms with Gasteiger partial charge in [0.15, 0.2) is 5.89 Å². The second-order valence-electron chi connectivity index (χ2n) is 2.91. The SMILES string of the molecule is COC(=O)c1nc(C(C)C)oc1N. The number of aromatic nitrogens is 1. The Balaban J connectivity index is 3.03. The maximum absolute atomic E-state index is 11.0. The number of nitrogens with two attached hydrogens (primary N) is 1. The van der Waals surface area contributed by atoms with Crippen molar-refractivity contribution in [3.05, 3.63) is 11.6 Å². The average Bonchev–Trinajstić information content (AvgIpc) is 2.46. The highest BCUT2D eigenvalue weighted by molar-refractivity contribution is 5.91. The highest BCUT2D eigenvalue weighted by atomic mass is 16.5. The first kappa shape index (κ1) is 9.57. The van der Waals surface area contributed by atoms with Crippen molar-refractivity contribution >= 4 is 11.9 Å². The van der Waals surface area contributed by atoms with Gasteiger partial charge < -0.3 is 14.9 Å². The van der Waals surface area contributed by atoms with Crippen molar-refractivity contribution in [2.75, 3.05) is 12.8 Å². The predicted molar refractivity (Wildman–Crippen MR) is 46.3 cm³/mol. The summed E-state index contributed by atoms with van der Waals surface area (Å²) in [5, 5.41) is 0. The minimum atomic E-state index is -0.576. The van der Waals surface area contributed by atoms with Gasteiger partial charge in [0, 0.05) is 5.92 Å². The molecule has 0 spiro atoms. The highest BCUT2D eigenvalue weighted by Crippen LogP contribution is 2.20. The van der Waals surface area contributed by atoms with Gasteiger partial charge in [0.05, 0.1) is 7.11 Å². The Morgan fingerprint density at radius 1 is 1.62 bits per heavy atom. The lowest BCUT2D eigenvalue weighted by atomic mass is 10.2. The number of esters is 1. The fourth-order valence-electron chi connectivity index (χ4n) is 0.839. The molecule has 5 nitrogen and oxygen atoms in total. The molecule has 0 saturated carbocycles. The Labute approximate surface area is 75.9 Å². The van der Waals surface area contributed by atoms with Gasteiger partial charge in [-0.05, 0) is 0 Å². The van der Waals surface area contributed by atoms with Gasteiger partial charge in [-0.15, -0.1) is 0 Å². The first-order chi connectivity index (χ1) is 6.06. The summed E-state index contributed by atoms with van der Waals surface area (Å²) < 4.78 is 9.53. The molecule has 1 aromatic rings. The summed E-state index contributed by atoms with van der Waals surface area (Å²) in [6, 6.07) is 0. The largest absolute Gasteiger partial charge is 0.464 e. The lowest BCUT2D eigenvalue weighted by Crippen LogP contribution is -2.04. The second kappa shape index (κ2) is 3.47. The van der Waals surface area contributed by atoms with Crippen molar-refractivity contribution in [3.8, 4) is 0 Å². The number of oxazole rings is 1. The Morgan fingerprint density at radius 2 is 2.23 bits per heavy atom. The van der Waals surface area contributed by atoms with Gasteiger partial charge in [-0.25, -0.2) is 9.78 Å². The van der Waals surface area contributed by atoms with E-state index in [0.717, 1.165) is 0 Å². The zero-order valence-corrected chi connectivity index (χ0v) is 7.83. The Hall–Kier alpha value is -1.52. The number of anilines is 1. The number of nitrogen functional groups attached to an aromatic ring is 1. The number of ether oxygens (including phenoxy) is 1. The highest BCUT2D eigenvalue weighted by Gasteiger charge is 2.19. The molecule has 1 rings (SSSR count). The number of carbonyl (C=O) groups is 1. The molecule has 2 N–H and O–H groups in total. The molecule has 1 aromatic heterocycles.